The van der Waals surface area contributed by atoms with Crippen LogP contribution in [-0.4, -0.2) is 35.7 Å². The van der Waals surface area contributed by atoms with Gasteiger partial charge in [0.25, 0.3) is 0 Å². The molecule has 2 N–H and O–H groups in total. The second kappa shape index (κ2) is 7.96. The minimum atomic E-state index is -3.49. The molecule has 0 saturated carbocycles. The molecule has 0 radical (unpaired) electrons. The average molecular weight is 360 g/mol. The van der Waals surface area contributed by atoms with Gasteiger partial charge in [-0.3, -0.25) is 0 Å². The highest BCUT2D eigenvalue weighted by Gasteiger charge is 2.15. The first-order valence-electron chi connectivity index (χ1n) is 4.98. The van der Waals surface area contributed by atoms with Crippen LogP contribution < -0.4 is 14.8 Å². The number of benzene rings is 1. The van der Waals surface area contributed by atoms with Gasteiger partial charge in [0.2, 0.25) is 10.0 Å². The van der Waals surface area contributed by atoms with Gasteiger partial charge in [0.05, 0.1) is 12.0 Å². The van der Waals surface area contributed by atoms with Gasteiger partial charge < -0.3 is 10.1 Å². The smallest absolute Gasteiger partial charge is 0.240 e. The molecule has 0 saturated heterocycles. The summed E-state index contributed by atoms with van der Waals surface area (Å²) in [5, 5.41) is 2.86. The van der Waals surface area contributed by atoms with Crippen molar-refractivity contribution in [3.63, 3.8) is 0 Å². The maximum Gasteiger partial charge on any atom is 0.240 e. The van der Waals surface area contributed by atoms with E-state index in [9.17, 15) is 8.42 Å². The standard InChI is InChI=1S/C10H15BrN2O3S.ClH/c1-12-3-4-13-17(14,15)10-6-8(11)5-9(7-10)16-2;/h5-7,12-13H,3-4H2,1-2H3;1H. The number of halogens is 2. The van der Waals surface area contributed by atoms with Gasteiger partial charge in [-0.25, -0.2) is 13.1 Å². The minimum Gasteiger partial charge on any atom is -0.497 e. The Morgan fingerprint density at radius 1 is 1.28 bits per heavy atom. The molecule has 0 fully saturated rings. The monoisotopic (exact) mass is 358 g/mol. The predicted octanol–water partition coefficient (Wildman–Crippen LogP) is 1.38. The first-order chi connectivity index (χ1) is 7.99. The van der Waals surface area contributed by atoms with Crippen molar-refractivity contribution in [2.75, 3.05) is 27.2 Å². The fourth-order valence-electron chi connectivity index (χ4n) is 1.20. The normalized spacial score (nSPS) is 10.8. The van der Waals surface area contributed by atoms with Crippen molar-refractivity contribution < 1.29 is 13.2 Å². The van der Waals surface area contributed by atoms with Crippen LogP contribution in [0.25, 0.3) is 0 Å². The van der Waals surface area contributed by atoms with Crippen molar-refractivity contribution in [2.45, 2.75) is 4.90 Å². The van der Waals surface area contributed by atoms with Gasteiger partial charge in [0.15, 0.2) is 0 Å². The number of rotatable bonds is 6. The molecule has 0 bridgehead atoms. The third-order valence-corrected chi connectivity index (χ3v) is 3.96. The molecule has 0 spiro atoms. The van der Waals surface area contributed by atoms with E-state index < -0.39 is 10.0 Å². The van der Waals surface area contributed by atoms with E-state index in [1.54, 1.807) is 13.1 Å². The van der Waals surface area contributed by atoms with Crippen molar-refractivity contribution in [3.8, 4) is 5.75 Å². The van der Waals surface area contributed by atoms with Gasteiger partial charge >= 0.3 is 0 Å². The number of hydrogen-bond acceptors (Lipinski definition) is 4. The van der Waals surface area contributed by atoms with Crippen LogP contribution >= 0.6 is 28.3 Å². The summed E-state index contributed by atoms with van der Waals surface area (Å²) >= 11 is 3.24. The van der Waals surface area contributed by atoms with Crippen LogP contribution in [0.5, 0.6) is 5.75 Å². The first-order valence-corrected chi connectivity index (χ1v) is 7.26. The third kappa shape index (κ3) is 5.11. The fourth-order valence-corrected chi connectivity index (χ4v) is 2.92. The van der Waals surface area contributed by atoms with E-state index in [1.165, 1.54) is 19.2 Å². The number of methoxy groups -OCH3 is 1. The third-order valence-electron chi connectivity index (χ3n) is 2.06. The van der Waals surface area contributed by atoms with Gasteiger partial charge in [-0.1, -0.05) is 15.9 Å². The van der Waals surface area contributed by atoms with Crippen LogP contribution in [0.2, 0.25) is 0 Å². The van der Waals surface area contributed by atoms with Gasteiger partial charge in [0, 0.05) is 23.6 Å². The molecule has 0 atom stereocenters. The predicted molar refractivity (Wildman–Crippen MR) is 77.1 cm³/mol. The molecule has 0 aliphatic rings. The SMILES string of the molecule is CNCCNS(=O)(=O)c1cc(Br)cc(OC)c1.Cl. The summed E-state index contributed by atoms with van der Waals surface area (Å²) < 4.78 is 32.0. The number of likely N-dealkylation sites (N-methyl/N-ethyl adjacent to an activating group) is 1. The molecule has 0 aliphatic carbocycles. The molecule has 1 aromatic rings. The Hall–Kier alpha value is -0.340. The Balaban J connectivity index is 0.00000289. The van der Waals surface area contributed by atoms with Gasteiger partial charge in [0.1, 0.15) is 5.75 Å². The van der Waals surface area contributed by atoms with Gasteiger partial charge in [-0.05, 0) is 19.2 Å². The largest absolute Gasteiger partial charge is 0.497 e. The lowest BCUT2D eigenvalue weighted by Gasteiger charge is -2.08. The maximum atomic E-state index is 11.9. The highest BCUT2D eigenvalue weighted by Crippen LogP contribution is 2.23. The van der Waals surface area contributed by atoms with Crippen LogP contribution in [0.3, 0.4) is 0 Å². The first kappa shape index (κ1) is 17.7. The second-order valence-corrected chi connectivity index (χ2v) is 6.01. The Morgan fingerprint density at radius 3 is 2.50 bits per heavy atom. The number of hydrogen-bond donors (Lipinski definition) is 2. The van der Waals surface area contributed by atoms with Crippen molar-refractivity contribution in [1.29, 1.82) is 0 Å². The minimum absolute atomic E-state index is 0. The topological polar surface area (TPSA) is 67.4 Å². The summed E-state index contributed by atoms with van der Waals surface area (Å²) in [5.41, 5.74) is 0. The molecule has 0 amide bonds. The summed E-state index contributed by atoms with van der Waals surface area (Å²) in [7, 11) is -0.235. The fraction of sp³-hybridized carbons (Fsp3) is 0.400. The lowest BCUT2D eigenvalue weighted by atomic mass is 10.3. The lowest BCUT2D eigenvalue weighted by Crippen LogP contribution is -2.30. The van der Waals surface area contributed by atoms with Crippen molar-refractivity contribution in [2.24, 2.45) is 0 Å². The molecule has 5 nitrogen and oxygen atoms in total. The molecule has 8 heteroatoms. The molecule has 104 valence electrons. The van der Waals surface area contributed by atoms with E-state index in [4.69, 9.17) is 4.74 Å². The van der Waals surface area contributed by atoms with Crippen molar-refractivity contribution >= 4 is 38.4 Å². The number of ether oxygens (including phenoxy) is 1. The highest BCUT2D eigenvalue weighted by atomic mass is 79.9. The van der Waals surface area contributed by atoms with Crippen LogP contribution in [-0.2, 0) is 10.0 Å². The Bertz CT molecular complexity index is 482. The molecule has 0 unspecified atom stereocenters. The summed E-state index contributed by atoms with van der Waals surface area (Å²) in [6, 6.07) is 4.71. The molecule has 1 aromatic carbocycles. The van der Waals surface area contributed by atoms with E-state index in [-0.39, 0.29) is 17.3 Å². The summed E-state index contributed by atoms with van der Waals surface area (Å²) in [5.74, 6) is 0.494. The quantitative estimate of drug-likeness (QED) is 0.753. The summed E-state index contributed by atoms with van der Waals surface area (Å²) in [4.78, 5) is 0.180. The molecule has 1 rings (SSSR count). The van der Waals surface area contributed by atoms with Gasteiger partial charge in [-0.15, -0.1) is 12.4 Å². The number of sulfonamides is 1. The van der Waals surface area contributed by atoms with Crippen molar-refractivity contribution in [3.05, 3.63) is 22.7 Å². The highest BCUT2D eigenvalue weighted by molar-refractivity contribution is 9.10. The zero-order chi connectivity index (χ0) is 12.9. The lowest BCUT2D eigenvalue weighted by molar-refractivity contribution is 0.413. The summed E-state index contributed by atoms with van der Waals surface area (Å²) in [6.07, 6.45) is 0. The van der Waals surface area contributed by atoms with Crippen LogP contribution in [0.4, 0.5) is 0 Å². The van der Waals surface area contributed by atoms with E-state index in [1.807, 2.05) is 0 Å². The maximum absolute atomic E-state index is 11.9. The second-order valence-electron chi connectivity index (χ2n) is 3.33. The van der Waals surface area contributed by atoms with E-state index in [0.29, 0.717) is 23.3 Å². The molecular formula is C10H16BrClN2O3S. The molecule has 0 aromatic heterocycles. The Morgan fingerprint density at radius 2 is 1.94 bits per heavy atom. The van der Waals surface area contributed by atoms with Crippen LogP contribution in [0.15, 0.2) is 27.6 Å². The summed E-state index contributed by atoms with van der Waals surface area (Å²) in [6.45, 7) is 0.915. The molecule has 0 heterocycles. The van der Waals surface area contributed by atoms with E-state index in [2.05, 4.69) is 26.0 Å². The van der Waals surface area contributed by atoms with E-state index >= 15 is 0 Å². The molecule has 0 aliphatic heterocycles. The van der Waals surface area contributed by atoms with Crippen molar-refractivity contribution in [1.82, 2.24) is 10.0 Å². The molecule has 18 heavy (non-hydrogen) atoms. The zero-order valence-corrected chi connectivity index (χ0v) is 13.3. The van der Waals surface area contributed by atoms with E-state index in [0.717, 1.165) is 0 Å². The van der Waals surface area contributed by atoms with Crippen LogP contribution in [0, 0.1) is 0 Å². The number of nitrogens with one attached hydrogen (secondary N) is 2. The average Bonchev–Trinajstić information content (AvgIpc) is 2.28. The van der Waals surface area contributed by atoms with Crippen LogP contribution in [0.1, 0.15) is 0 Å². The zero-order valence-electron chi connectivity index (χ0n) is 10.1. The molecular weight excluding hydrogens is 344 g/mol. The Kier molecular flexibility index (Phi) is 7.81. The van der Waals surface area contributed by atoms with Gasteiger partial charge in [-0.2, -0.15) is 0 Å². The Labute approximate surface area is 122 Å².